The monoisotopic (exact) mass is 195 g/mol. The Labute approximate surface area is 79.0 Å². The molecule has 0 unspecified atom stereocenters. The van der Waals surface area contributed by atoms with Crippen LogP contribution < -0.4 is 5.73 Å². The van der Waals surface area contributed by atoms with Crippen LogP contribution in [0.1, 0.15) is 5.56 Å². The third kappa shape index (κ3) is 1.24. The van der Waals surface area contributed by atoms with Crippen LogP contribution in [-0.4, -0.2) is 10.2 Å². The summed E-state index contributed by atoms with van der Waals surface area (Å²) in [5.41, 5.74) is 6.84. The van der Waals surface area contributed by atoms with Crippen molar-refractivity contribution >= 4 is 27.1 Å². The highest BCUT2D eigenvalue weighted by Crippen LogP contribution is 2.39. The SMILES string of the molecule is Nc1c(O)sc2ccc(CO)cc12. The Kier molecular flexibility index (Phi) is 1.86. The first kappa shape index (κ1) is 8.34. The zero-order valence-corrected chi connectivity index (χ0v) is 7.64. The molecule has 4 heteroatoms. The molecule has 0 amide bonds. The van der Waals surface area contributed by atoms with Crippen LogP contribution in [0.15, 0.2) is 18.2 Å². The molecule has 0 saturated carbocycles. The van der Waals surface area contributed by atoms with E-state index in [-0.39, 0.29) is 11.7 Å². The summed E-state index contributed by atoms with van der Waals surface area (Å²) in [5, 5.41) is 19.2. The van der Waals surface area contributed by atoms with E-state index in [0.717, 1.165) is 15.6 Å². The molecular weight excluding hydrogens is 186 g/mol. The smallest absolute Gasteiger partial charge is 0.196 e. The molecule has 1 aromatic heterocycles. The number of nitrogens with two attached hydrogens (primary N) is 1. The predicted octanol–water partition coefficient (Wildman–Crippen LogP) is 1.68. The maximum atomic E-state index is 9.34. The van der Waals surface area contributed by atoms with Gasteiger partial charge in [-0.3, -0.25) is 0 Å². The van der Waals surface area contributed by atoms with Crippen molar-refractivity contribution in [1.82, 2.24) is 0 Å². The lowest BCUT2D eigenvalue weighted by molar-refractivity contribution is 0.282. The summed E-state index contributed by atoms with van der Waals surface area (Å²) in [7, 11) is 0. The Balaban J connectivity index is 2.75. The first-order valence-electron chi connectivity index (χ1n) is 3.83. The average Bonchev–Trinajstić information content (AvgIpc) is 2.43. The summed E-state index contributed by atoms with van der Waals surface area (Å²) in [6.45, 7) is -0.00795. The Hall–Kier alpha value is -1.26. The molecule has 68 valence electrons. The molecule has 0 saturated heterocycles. The Bertz CT molecular complexity index is 450. The van der Waals surface area contributed by atoms with Gasteiger partial charge in [-0.1, -0.05) is 17.4 Å². The molecule has 0 atom stereocenters. The van der Waals surface area contributed by atoms with Crippen LogP contribution in [-0.2, 0) is 6.61 Å². The van der Waals surface area contributed by atoms with E-state index in [2.05, 4.69) is 0 Å². The largest absolute Gasteiger partial charge is 0.498 e. The van der Waals surface area contributed by atoms with Gasteiger partial charge in [-0.15, -0.1) is 0 Å². The normalized spacial score (nSPS) is 10.8. The molecule has 13 heavy (non-hydrogen) atoms. The molecule has 0 aliphatic heterocycles. The van der Waals surface area contributed by atoms with E-state index < -0.39 is 0 Å². The number of rotatable bonds is 1. The van der Waals surface area contributed by atoms with E-state index in [4.69, 9.17) is 10.8 Å². The lowest BCUT2D eigenvalue weighted by atomic mass is 10.1. The number of aliphatic hydroxyl groups excluding tert-OH is 1. The summed E-state index contributed by atoms with van der Waals surface area (Å²) in [6, 6.07) is 5.46. The summed E-state index contributed by atoms with van der Waals surface area (Å²) < 4.78 is 0.937. The molecule has 0 aliphatic carbocycles. The molecule has 0 fully saturated rings. The number of fused-ring (bicyclic) bond motifs is 1. The molecule has 0 spiro atoms. The number of anilines is 1. The van der Waals surface area contributed by atoms with Crippen molar-refractivity contribution in [3.8, 4) is 5.06 Å². The minimum absolute atomic E-state index is 0.00795. The second kappa shape index (κ2) is 2.90. The van der Waals surface area contributed by atoms with Crippen molar-refractivity contribution in [2.24, 2.45) is 0 Å². The summed E-state index contributed by atoms with van der Waals surface area (Å²) in [6.07, 6.45) is 0. The van der Waals surface area contributed by atoms with Gasteiger partial charge in [0.2, 0.25) is 0 Å². The Morgan fingerprint density at radius 1 is 1.38 bits per heavy atom. The molecule has 4 N–H and O–H groups in total. The van der Waals surface area contributed by atoms with Crippen LogP contribution in [0.5, 0.6) is 5.06 Å². The molecular formula is C9H9NO2S. The number of benzene rings is 1. The molecule has 2 rings (SSSR count). The van der Waals surface area contributed by atoms with Crippen LogP contribution in [0.25, 0.3) is 10.1 Å². The van der Waals surface area contributed by atoms with E-state index in [9.17, 15) is 5.11 Å². The third-order valence-corrected chi connectivity index (χ3v) is 2.94. The van der Waals surface area contributed by atoms with Crippen molar-refractivity contribution < 1.29 is 10.2 Å². The van der Waals surface area contributed by atoms with Gasteiger partial charge >= 0.3 is 0 Å². The van der Waals surface area contributed by atoms with Crippen molar-refractivity contribution in [3.63, 3.8) is 0 Å². The second-order valence-electron chi connectivity index (χ2n) is 2.81. The van der Waals surface area contributed by atoms with Crippen molar-refractivity contribution in [2.45, 2.75) is 6.61 Å². The fourth-order valence-corrected chi connectivity index (χ4v) is 2.09. The summed E-state index contributed by atoms with van der Waals surface area (Å²) in [5.74, 6) is 0. The van der Waals surface area contributed by atoms with Gasteiger partial charge in [0, 0.05) is 10.1 Å². The highest BCUT2D eigenvalue weighted by molar-refractivity contribution is 7.21. The highest BCUT2D eigenvalue weighted by atomic mass is 32.1. The number of hydrogen-bond donors (Lipinski definition) is 3. The zero-order valence-electron chi connectivity index (χ0n) is 6.82. The van der Waals surface area contributed by atoms with Gasteiger partial charge in [0.05, 0.1) is 12.3 Å². The minimum Gasteiger partial charge on any atom is -0.498 e. The lowest BCUT2D eigenvalue weighted by Gasteiger charge is -1.96. The van der Waals surface area contributed by atoms with Gasteiger partial charge in [-0.25, -0.2) is 0 Å². The Morgan fingerprint density at radius 3 is 2.85 bits per heavy atom. The maximum absolute atomic E-state index is 9.34. The lowest BCUT2D eigenvalue weighted by Crippen LogP contribution is -1.84. The van der Waals surface area contributed by atoms with Gasteiger partial charge in [0.25, 0.3) is 0 Å². The van der Waals surface area contributed by atoms with Gasteiger partial charge < -0.3 is 15.9 Å². The molecule has 0 bridgehead atoms. The van der Waals surface area contributed by atoms with Crippen LogP contribution in [0.3, 0.4) is 0 Å². The van der Waals surface area contributed by atoms with E-state index in [1.807, 2.05) is 12.1 Å². The van der Waals surface area contributed by atoms with Gasteiger partial charge in [-0.05, 0) is 17.7 Å². The quantitative estimate of drug-likeness (QED) is 0.648. The van der Waals surface area contributed by atoms with Gasteiger partial charge in [0.1, 0.15) is 0 Å². The average molecular weight is 195 g/mol. The van der Waals surface area contributed by atoms with E-state index in [1.54, 1.807) is 6.07 Å². The molecule has 1 aromatic carbocycles. The third-order valence-electron chi connectivity index (χ3n) is 1.95. The van der Waals surface area contributed by atoms with Crippen LogP contribution in [0.4, 0.5) is 5.69 Å². The number of aliphatic hydroxyl groups is 1. The van der Waals surface area contributed by atoms with Crippen LogP contribution in [0.2, 0.25) is 0 Å². The van der Waals surface area contributed by atoms with E-state index in [1.165, 1.54) is 11.3 Å². The topological polar surface area (TPSA) is 66.5 Å². The van der Waals surface area contributed by atoms with E-state index >= 15 is 0 Å². The molecule has 0 radical (unpaired) electrons. The maximum Gasteiger partial charge on any atom is 0.196 e. The first-order chi connectivity index (χ1) is 6.22. The fourth-order valence-electron chi connectivity index (χ4n) is 1.25. The predicted molar refractivity (Wildman–Crippen MR) is 53.8 cm³/mol. The Morgan fingerprint density at radius 2 is 2.15 bits per heavy atom. The fraction of sp³-hybridized carbons (Fsp3) is 0.111. The number of hydrogen-bond acceptors (Lipinski definition) is 4. The van der Waals surface area contributed by atoms with Gasteiger partial charge in [0.15, 0.2) is 5.06 Å². The minimum atomic E-state index is -0.00795. The van der Waals surface area contributed by atoms with Crippen molar-refractivity contribution in [1.29, 1.82) is 0 Å². The number of thiophene rings is 1. The second-order valence-corrected chi connectivity index (χ2v) is 3.84. The summed E-state index contributed by atoms with van der Waals surface area (Å²) in [4.78, 5) is 0. The molecule has 2 aromatic rings. The standard InChI is InChI=1S/C9H9NO2S/c10-8-6-3-5(4-11)1-2-7(6)13-9(8)12/h1-3,11-12H,4,10H2. The number of aromatic hydroxyl groups is 1. The highest BCUT2D eigenvalue weighted by Gasteiger charge is 2.07. The van der Waals surface area contributed by atoms with Crippen LogP contribution >= 0.6 is 11.3 Å². The molecule has 0 aliphatic rings. The van der Waals surface area contributed by atoms with Crippen LogP contribution in [0, 0.1) is 0 Å². The molecule has 1 heterocycles. The van der Waals surface area contributed by atoms with Crippen molar-refractivity contribution in [3.05, 3.63) is 23.8 Å². The number of nitrogen functional groups attached to an aromatic ring is 1. The summed E-state index contributed by atoms with van der Waals surface area (Å²) >= 11 is 1.25. The van der Waals surface area contributed by atoms with Crippen molar-refractivity contribution in [2.75, 3.05) is 5.73 Å². The molecule has 3 nitrogen and oxygen atoms in total. The zero-order chi connectivity index (χ0) is 9.42. The van der Waals surface area contributed by atoms with E-state index in [0.29, 0.717) is 5.69 Å². The first-order valence-corrected chi connectivity index (χ1v) is 4.64. The van der Waals surface area contributed by atoms with Gasteiger partial charge in [-0.2, -0.15) is 0 Å².